The number of benzene rings is 1. The van der Waals surface area contributed by atoms with E-state index in [1.165, 1.54) is 11.3 Å². The van der Waals surface area contributed by atoms with Gasteiger partial charge in [-0.15, -0.1) is 0 Å². The summed E-state index contributed by atoms with van der Waals surface area (Å²) in [5.41, 5.74) is 2.46. The minimum absolute atomic E-state index is 0.140. The van der Waals surface area contributed by atoms with Crippen molar-refractivity contribution in [1.82, 2.24) is 5.32 Å². The summed E-state index contributed by atoms with van der Waals surface area (Å²) in [7, 11) is 0. The van der Waals surface area contributed by atoms with Crippen LogP contribution in [0.4, 0.5) is 5.69 Å². The lowest BCUT2D eigenvalue weighted by molar-refractivity contribution is -0.121. The van der Waals surface area contributed by atoms with Crippen LogP contribution >= 0.6 is 0 Å². The Hall–Kier alpha value is -1.55. The molecule has 1 atom stereocenters. The largest absolute Gasteiger partial charge is 0.378 e. The maximum atomic E-state index is 11.8. The Morgan fingerprint density at radius 3 is 2.57 bits per heavy atom. The normalized spacial score (nSPS) is 16.6. The molecule has 0 radical (unpaired) electrons. The zero-order valence-corrected chi connectivity index (χ0v) is 13.1. The molecule has 0 spiro atoms. The molecule has 1 aliphatic heterocycles. The first-order valence-electron chi connectivity index (χ1n) is 7.90. The Labute approximate surface area is 127 Å². The van der Waals surface area contributed by atoms with E-state index in [9.17, 15) is 4.79 Å². The monoisotopic (exact) mass is 290 g/mol. The van der Waals surface area contributed by atoms with E-state index in [0.29, 0.717) is 6.42 Å². The molecule has 116 valence electrons. The summed E-state index contributed by atoms with van der Waals surface area (Å²) < 4.78 is 5.36. The Morgan fingerprint density at radius 1 is 1.29 bits per heavy atom. The third-order valence-corrected chi connectivity index (χ3v) is 3.97. The van der Waals surface area contributed by atoms with Gasteiger partial charge >= 0.3 is 0 Å². The van der Waals surface area contributed by atoms with E-state index in [-0.39, 0.29) is 11.9 Å². The Bertz CT molecular complexity index is 439. The van der Waals surface area contributed by atoms with Gasteiger partial charge in [0.1, 0.15) is 0 Å². The van der Waals surface area contributed by atoms with E-state index < -0.39 is 0 Å². The second kappa shape index (κ2) is 8.03. The molecule has 0 aliphatic carbocycles. The standard InChI is InChI=1S/C17H26N2O2/c1-3-14(2)18-17(20)9-6-15-4-7-16(8-5-15)19-10-12-21-13-11-19/h4-5,7-8,14H,3,6,9-13H2,1-2H3,(H,18,20). The van der Waals surface area contributed by atoms with E-state index in [0.717, 1.165) is 39.1 Å². The van der Waals surface area contributed by atoms with Crippen LogP contribution in [-0.4, -0.2) is 38.3 Å². The van der Waals surface area contributed by atoms with Crippen LogP contribution in [0.3, 0.4) is 0 Å². The minimum Gasteiger partial charge on any atom is -0.378 e. The van der Waals surface area contributed by atoms with Crippen LogP contribution in [0.2, 0.25) is 0 Å². The summed E-state index contributed by atoms with van der Waals surface area (Å²) in [4.78, 5) is 14.1. The van der Waals surface area contributed by atoms with Crippen molar-refractivity contribution in [3.63, 3.8) is 0 Å². The number of carbonyl (C=O) groups is 1. The summed E-state index contributed by atoms with van der Waals surface area (Å²) in [6.07, 6.45) is 2.33. The van der Waals surface area contributed by atoms with Gasteiger partial charge in [-0.1, -0.05) is 19.1 Å². The number of amides is 1. The summed E-state index contributed by atoms with van der Waals surface area (Å²) in [6.45, 7) is 7.63. The van der Waals surface area contributed by atoms with Gasteiger partial charge < -0.3 is 15.0 Å². The number of nitrogens with one attached hydrogen (secondary N) is 1. The average molecular weight is 290 g/mol. The molecule has 1 amide bonds. The Kier molecular flexibility index (Phi) is 6.05. The van der Waals surface area contributed by atoms with Crippen LogP contribution in [0.25, 0.3) is 0 Å². The molecule has 1 aromatic carbocycles. The molecule has 1 fully saturated rings. The minimum atomic E-state index is 0.140. The van der Waals surface area contributed by atoms with Gasteiger partial charge in [-0.25, -0.2) is 0 Å². The first-order chi connectivity index (χ1) is 10.2. The molecule has 1 saturated heterocycles. The van der Waals surface area contributed by atoms with Crippen molar-refractivity contribution in [3.05, 3.63) is 29.8 Å². The highest BCUT2D eigenvalue weighted by molar-refractivity contribution is 5.76. The number of morpholine rings is 1. The Morgan fingerprint density at radius 2 is 1.95 bits per heavy atom. The lowest BCUT2D eigenvalue weighted by Crippen LogP contribution is -2.36. The highest BCUT2D eigenvalue weighted by Crippen LogP contribution is 2.17. The van der Waals surface area contributed by atoms with Crippen LogP contribution < -0.4 is 10.2 Å². The molecule has 4 heteroatoms. The summed E-state index contributed by atoms with van der Waals surface area (Å²) in [5.74, 6) is 0.140. The van der Waals surface area contributed by atoms with E-state index in [4.69, 9.17) is 4.74 Å². The first kappa shape index (κ1) is 15.8. The number of nitrogens with zero attached hydrogens (tertiary/aromatic N) is 1. The van der Waals surface area contributed by atoms with Crippen LogP contribution in [0.15, 0.2) is 24.3 Å². The summed E-state index contributed by atoms with van der Waals surface area (Å²) in [6, 6.07) is 8.81. The molecule has 0 aromatic heterocycles. The Balaban J connectivity index is 1.80. The summed E-state index contributed by atoms with van der Waals surface area (Å²) in [5, 5.41) is 3.00. The van der Waals surface area contributed by atoms with E-state index in [1.807, 2.05) is 6.92 Å². The molecule has 0 bridgehead atoms. The number of ether oxygens (including phenoxy) is 1. The zero-order valence-electron chi connectivity index (χ0n) is 13.1. The van der Waals surface area contributed by atoms with Crippen LogP contribution in [0.5, 0.6) is 0 Å². The fraction of sp³-hybridized carbons (Fsp3) is 0.588. The van der Waals surface area contributed by atoms with Gasteiger partial charge in [-0.05, 0) is 37.5 Å². The van der Waals surface area contributed by atoms with Crippen molar-refractivity contribution >= 4 is 11.6 Å². The van der Waals surface area contributed by atoms with Gasteiger partial charge in [0.15, 0.2) is 0 Å². The highest BCUT2D eigenvalue weighted by Gasteiger charge is 2.11. The third kappa shape index (κ3) is 5.05. The smallest absolute Gasteiger partial charge is 0.220 e. The lowest BCUT2D eigenvalue weighted by atomic mass is 10.1. The SMILES string of the molecule is CCC(C)NC(=O)CCc1ccc(N2CCOCC2)cc1. The van der Waals surface area contributed by atoms with Crippen molar-refractivity contribution < 1.29 is 9.53 Å². The predicted molar refractivity (Wildman–Crippen MR) is 85.7 cm³/mol. The maximum Gasteiger partial charge on any atom is 0.220 e. The molecule has 1 unspecified atom stereocenters. The van der Waals surface area contributed by atoms with Gasteiger partial charge in [0.2, 0.25) is 5.91 Å². The molecule has 1 heterocycles. The van der Waals surface area contributed by atoms with Gasteiger partial charge in [-0.3, -0.25) is 4.79 Å². The molecular weight excluding hydrogens is 264 g/mol. The van der Waals surface area contributed by atoms with Crippen molar-refractivity contribution in [1.29, 1.82) is 0 Å². The fourth-order valence-electron chi connectivity index (χ4n) is 2.40. The molecule has 2 rings (SSSR count). The zero-order chi connectivity index (χ0) is 15.1. The van der Waals surface area contributed by atoms with Gasteiger partial charge in [-0.2, -0.15) is 0 Å². The van der Waals surface area contributed by atoms with Crippen LogP contribution in [-0.2, 0) is 16.0 Å². The van der Waals surface area contributed by atoms with E-state index >= 15 is 0 Å². The quantitative estimate of drug-likeness (QED) is 0.874. The van der Waals surface area contributed by atoms with Gasteiger partial charge in [0, 0.05) is 31.2 Å². The van der Waals surface area contributed by atoms with E-state index in [1.54, 1.807) is 0 Å². The molecule has 1 aromatic rings. The molecule has 21 heavy (non-hydrogen) atoms. The van der Waals surface area contributed by atoms with Crippen LogP contribution in [0, 0.1) is 0 Å². The maximum absolute atomic E-state index is 11.8. The molecule has 1 aliphatic rings. The van der Waals surface area contributed by atoms with Crippen molar-refractivity contribution in [2.45, 2.75) is 39.2 Å². The topological polar surface area (TPSA) is 41.6 Å². The second-order valence-corrected chi connectivity index (χ2v) is 5.64. The predicted octanol–water partition coefficient (Wildman–Crippen LogP) is 2.37. The molecule has 0 saturated carbocycles. The average Bonchev–Trinajstić information content (AvgIpc) is 2.54. The van der Waals surface area contributed by atoms with Gasteiger partial charge in [0.05, 0.1) is 13.2 Å². The van der Waals surface area contributed by atoms with Crippen LogP contribution in [0.1, 0.15) is 32.3 Å². The van der Waals surface area contributed by atoms with Gasteiger partial charge in [0.25, 0.3) is 0 Å². The fourth-order valence-corrected chi connectivity index (χ4v) is 2.40. The van der Waals surface area contributed by atoms with Crippen molar-refractivity contribution in [2.24, 2.45) is 0 Å². The number of rotatable bonds is 6. The molecule has 4 nitrogen and oxygen atoms in total. The second-order valence-electron chi connectivity index (χ2n) is 5.64. The molecule has 1 N–H and O–H groups in total. The lowest BCUT2D eigenvalue weighted by Gasteiger charge is -2.28. The van der Waals surface area contributed by atoms with E-state index in [2.05, 4.69) is 41.4 Å². The number of hydrogen-bond acceptors (Lipinski definition) is 3. The number of aryl methyl sites for hydroxylation is 1. The third-order valence-electron chi connectivity index (χ3n) is 3.97. The molecular formula is C17H26N2O2. The first-order valence-corrected chi connectivity index (χ1v) is 7.90. The number of hydrogen-bond donors (Lipinski definition) is 1. The summed E-state index contributed by atoms with van der Waals surface area (Å²) >= 11 is 0. The van der Waals surface area contributed by atoms with Crippen molar-refractivity contribution in [3.8, 4) is 0 Å². The number of anilines is 1. The number of carbonyl (C=O) groups excluding carboxylic acids is 1. The van der Waals surface area contributed by atoms with Crippen molar-refractivity contribution in [2.75, 3.05) is 31.2 Å². The highest BCUT2D eigenvalue weighted by atomic mass is 16.5.